The van der Waals surface area contributed by atoms with E-state index in [2.05, 4.69) is 10.4 Å². The number of hydrogen-bond acceptors (Lipinski definition) is 4. The lowest BCUT2D eigenvalue weighted by atomic mass is 10.1. The van der Waals surface area contributed by atoms with Gasteiger partial charge < -0.3 is 11.1 Å². The molecule has 0 aliphatic carbocycles. The Morgan fingerprint density at radius 3 is 2.43 bits per heavy atom. The third kappa shape index (κ3) is 3.94. The minimum Gasteiger partial charge on any atom is -0.364 e. The predicted molar refractivity (Wildman–Crippen MR) is 88.5 cm³/mol. The summed E-state index contributed by atoms with van der Waals surface area (Å²) in [5.41, 5.74) is 6.01. The topological polar surface area (TPSA) is 90.0 Å². The molecule has 0 atom stereocenters. The first-order valence-corrected chi connectivity index (χ1v) is 7.22. The van der Waals surface area contributed by atoms with Gasteiger partial charge in [0.05, 0.1) is 11.4 Å². The monoisotopic (exact) mass is 320 g/mol. The lowest BCUT2D eigenvalue weighted by Crippen LogP contribution is -2.28. The third-order valence-electron chi connectivity index (χ3n) is 3.09. The molecule has 6 nitrogen and oxygen atoms in total. The van der Waals surface area contributed by atoms with Crippen LogP contribution in [0.4, 0.5) is 15.8 Å². The van der Waals surface area contributed by atoms with Crippen LogP contribution in [0.2, 0.25) is 0 Å². The van der Waals surface area contributed by atoms with Crippen LogP contribution in [0, 0.1) is 19.7 Å². The fourth-order valence-corrected chi connectivity index (χ4v) is 1.95. The van der Waals surface area contributed by atoms with E-state index in [0.29, 0.717) is 0 Å². The molecule has 0 saturated heterocycles. The molecule has 0 spiro atoms. The van der Waals surface area contributed by atoms with Gasteiger partial charge in [0.1, 0.15) is 5.82 Å². The number of amides is 1. The van der Waals surface area contributed by atoms with Gasteiger partial charge in [0.15, 0.2) is 5.69 Å². The van der Waals surface area contributed by atoms with Crippen molar-refractivity contribution in [1.29, 1.82) is 0 Å². The normalized spacial score (nSPS) is 9.83. The first-order chi connectivity index (χ1) is 10.8. The Morgan fingerprint density at radius 2 is 1.91 bits per heavy atom. The van der Waals surface area contributed by atoms with Gasteiger partial charge in [-0.05, 0) is 31.5 Å². The zero-order chi connectivity index (χ0) is 17.7. The number of carbonyl (C=O) groups is 1. The second kappa shape index (κ2) is 7.53. The van der Waals surface area contributed by atoms with Crippen LogP contribution in [0.1, 0.15) is 35.5 Å². The van der Waals surface area contributed by atoms with Crippen molar-refractivity contribution in [2.45, 2.75) is 27.7 Å². The van der Waals surface area contributed by atoms with Gasteiger partial charge in [0.2, 0.25) is 0 Å². The summed E-state index contributed by atoms with van der Waals surface area (Å²) in [5, 5.41) is 6.56. The number of nitrogens with two attached hydrogens (primary N) is 1. The zero-order valence-corrected chi connectivity index (χ0v) is 13.9. The molecule has 1 heterocycles. The van der Waals surface area contributed by atoms with Crippen molar-refractivity contribution in [1.82, 2.24) is 9.78 Å². The van der Waals surface area contributed by atoms with Gasteiger partial charge in [-0.15, -0.1) is 0 Å². The second-order valence-electron chi connectivity index (χ2n) is 4.75. The molecule has 1 amide bonds. The van der Waals surface area contributed by atoms with Crippen molar-refractivity contribution in [2.24, 2.45) is 12.8 Å². The lowest BCUT2D eigenvalue weighted by molar-refractivity contribution is 0.0994. The molecule has 0 unspecified atom stereocenters. The van der Waals surface area contributed by atoms with Crippen molar-refractivity contribution in [3.63, 3.8) is 0 Å². The average Bonchev–Trinajstić information content (AvgIpc) is 2.51. The maximum Gasteiger partial charge on any atom is 0.271 e. The highest BCUT2D eigenvalue weighted by atomic mass is 19.1. The summed E-state index contributed by atoms with van der Waals surface area (Å²) >= 11 is 0. The smallest absolute Gasteiger partial charge is 0.271 e. The molecule has 1 aromatic carbocycles. The quantitative estimate of drug-likeness (QED) is 0.908. The Bertz CT molecular complexity index is 784. The van der Waals surface area contributed by atoms with Gasteiger partial charge in [0, 0.05) is 12.6 Å². The average molecular weight is 320 g/mol. The maximum atomic E-state index is 13.9. The predicted octanol–water partition coefficient (Wildman–Crippen LogP) is 2.40. The maximum absolute atomic E-state index is 13.9. The summed E-state index contributed by atoms with van der Waals surface area (Å²) in [7, 11) is 1.41. The largest absolute Gasteiger partial charge is 0.364 e. The third-order valence-corrected chi connectivity index (χ3v) is 3.09. The van der Waals surface area contributed by atoms with Crippen LogP contribution in [-0.4, -0.2) is 15.7 Å². The SMILES string of the molecule is CC.Cc1ccc(Nc2c(C(N)=O)nn(C)c(=O)c2C)c(F)c1. The molecule has 124 valence electrons. The number of anilines is 2. The minimum atomic E-state index is -0.802. The van der Waals surface area contributed by atoms with Crippen LogP contribution in [0.5, 0.6) is 0 Å². The molecule has 0 aliphatic heterocycles. The Labute approximate surface area is 134 Å². The number of hydrogen-bond donors (Lipinski definition) is 2. The van der Waals surface area contributed by atoms with Crippen molar-refractivity contribution < 1.29 is 9.18 Å². The number of halogens is 1. The Balaban J connectivity index is 0.00000127. The first-order valence-electron chi connectivity index (χ1n) is 7.22. The number of nitrogens with one attached hydrogen (secondary N) is 1. The number of carbonyl (C=O) groups excluding carboxylic acids is 1. The standard InChI is InChI=1S/C14H15FN4O2.C2H6/c1-7-4-5-10(9(15)6-7)17-11-8(2)14(21)19(3)18-12(11)13(16)20;1-2/h4-6,17H,1-3H3,(H2,16,20);1-2H3. The highest BCUT2D eigenvalue weighted by Crippen LogP contribution is 2.24. The van der Waals surface area contributed by atoms with Gasteiger partial charge in [-0.3, -0.25) is 9.59 Å². The van der Waals surface area contributed by atoms with Gasteiger partial charge >= 0.3 is 0 Å². The summed E-state index contributed by atoms with van der Waals surface area (Å²) in [6.45, 7) is 7.28. The van der Waals surface area contributed by atoms with E-state index in [4.69, 9.17) is 5.73 Å². The van der Waals surface area contributed by atoms with Crippen LogP contribution >= 0.6 is 0 Å². The van der Waals surface area contributed by atoms with Gasteiger partial charge in [-0.1, -0.05) is 19.9 Å². The van der Waals surface area contributed by atoms with Crippen molar-refractivity contribution >= 4 is 17.3 Å². The van der Waals surface area contributed by atoms with E-state index in [-0.39, 0.29) is 22.6 Å². The summed E-state index contributed by atoms with van der Waals surface area (Å²) in [4.78, 5) is 23.4. The molecule has 7 heteroatoms. The van der Waals surface area contributed by atoms with E-state index < -0.39 is 17.3 Å². The van der Waals surface area contributed by atoms with Crippen LogP contribution in [0.3, 0.4) is 0 Å². The zero-order valence-electron chi connectivity index (χ0n) is 13.9. The van der Waals surface area contributed by atoms with E-state index in [1.54, 1.807) is 13.0 Å². The number of nitrogens with zero attached hydrogens (tertiary/aromatic N) is 2. The minimum absolute atomic E-state index is 0.116. The molecular weight excluding hydrogens is 299 g/mol. The number of rotatable bonds is 3. The van der Waals surface area contributed by atoms with E-state index in [0.717, 1.165) is 10.2 Å². The van der Waals surface area contributed by atoms with E-state index in [1.165, 1.54) is 26.1 Å². The van der Waals surface area contributed by atoms with Crippen LogP contribution in [-0.2, 0) is 7.05 Å². The molecule has 0 radical (unpaired) electrons. The highest BCUT2D eigenvalue weighted by Gasteiger charge is 2.18. The Kier molecular flexibility index (Phi) is 6.01. The molecule has 1 aromatic heterocycles. The number of benzene rings is 1. The number of aryl methyl sites for hydroxylation is 2. The molecule has 2 rings (SSSR count). The van der Waals surface area contributed by atoms with Crippen molar-refractivity contribution in [3.8, 4) is 0 Å². The number of aromatic nitrogens is 2. The fraction of sp³-hybridized carbons (Fsp3) is 0.312. The first kappa shape index (κ1) is 18.3. The fourth-order valence-electron chi connectivity index (χ4n) is 1.95. The van der Waals surface area contributed by atoms with Crippen LogP contribution < -0.4 is 16.6 Å². The van der Waals surface area contributed by atoms with Crippen molar-refractivity contribution in [2.75, 3.05) is 5.32 Å². The van der Waals surface area contributed by atoms with Gasteiger partial charge in [-0.2, -0.15) is 5.10 Å². The number of primary amides is 1. The van der Waals surface area contributed by atoms with Crippen LogP contribution in [0.25, 0.3) is 0 Å². The second-order valence-corrected chi connectivity index (χ2v) is 4.75. The summed E-state index contributed by atoms with van der Waals surface area (Å²) in [6.07, 6.45) is 0. The van der Waals surface area contributed by atoms with Crippen LogP contribution in [0.15, 0.2) is 23.0 Å². The van der Waals surface area contributed by atoms with E-state index in [9.17, 15) is 14.0 Å². The Hall–Kier alpha value is -2.70. The van der Waals surface area contributed by atoms with E-state index in [1.807, 2.05) is 13.8 Å². The van der Waals surface area contributed by atoms with E-state index >= 15 is 0 Å². The summed E-state index contributed by atoms with van der Waals surface area (Å²) in [5.74, 6) is -1.30. The molecular formula is C16H21FN4O2. The summed E-state index contributed by atoms with van der Waals surface area (Å²) < 4.78 is 14.9. The molecule has 0 aliphatic rings. The van der Waals surface area contributed by atoms with Gasteiger partial charge in [-0.25, -0.2) is 9.07 Å². The molecule has 0 fully saturated rings. The molecule has 23 heavy (non-hydrogen) atoms. The van der Waals surface area contributed by atoms with Gasteiger partial charge in [0.25, 0.3) is 11.5 Å². The highest BCUT2D eigenvalue weighted by molar-refractivity contribution is 5.97. The van der Waals surface area contributed by atoms with Crippen molar-refractivity contribution in [3.05, 3.63) is 51.2 Å². The molecule has 0 bridgehead atoms. The molecule has 3 N–H and O–H groups in total. The molecule has 2 aromatic rings. The molecule has 0 saturated carbocycles. The summed E-state index contributed by atoms with van der Waals surface area (Å²) in [6, 6.07) is 4.57. The lowest BCUT2D eigenvalue weighted by Gasteiger charge is -2.14. The Morgan fingerprint density at radius 1 is 1.30 bits per heavy atom.